The van der Waals surface area contributed by atoms with Gasteiger partial charge in [-0.05, 0) is 34.7 Å². The maximum absolute atomic E-state index is 13.6. The fourth-order valence-corrected chi connectivity index (χ4v) is 5.22. The number of benzene rings is 2. The van der Waals surface area contributed by atoms with Gasteiger partial charge in [0.25, 0.3) is 0 Å². The number of sulfonamides is 1. The molecule has 1 fully saturated rings. The molecule has 2 aromatic carbocycles. The van der Waals surface area contributed by atoms with Crippen LogP contribution in [0.15, 0.2) is 41.3 Å². The molecule has 0 amide bonds. The molecule has 1 saturated heterocycles. The molecule has 13 heteroatoms. The van der Waals surface area contributed by atoms with Crippen molar-refractivity contribution in [1.82, 2.24) is 29.4 Å². The minimum absolute atomic E-state index is 0.155. The van der Waals surface area contributed by atoms with E-state index in [0.717, 1.165) is 12.1 Å². The molecule has 10 nitrogen and oxygen atoms in total. The van der Waals surface area contributed by atoms with E-state index >= 15 is 0 Å². The first-order valence-electron chi connectivity index (χ1n) is 10.3. The number of piperazine rings is 1. The average Bonchev–Trinajstić information content (AvgIpc) is 3.29. The molecule has 1 aromatic heterocycles. The van der Waals surface area contributed by atoms with Crippen LogP contribution in [0.25, 0.3) is 5.69 Å². The molecule has 0 N–H and O–H groups in total. The first kappa shape index (κ1) is 21.7. The molecule has 0 unspecified atom stereocenters. The summed E-state index contributed by atoms with van der Waals surface area (Å²) in [7, 11) is -3.69. The lowest BCUT2D eigenvalue weighted by atomic mass is 10.3. The van der Waals surface area contributed by atoms with Gasteiger partial charge in [-0.15, -0.1) is 5.10 Å². The van der Waals surface area contributed by atoms with Crippen molar-refractivity contribution >= 4 is 10.0 Å². The fraction of sp³-hybridized carbons (Fsp3) is 0.350. The summed E-state index contributed by atoms with van der Waals surface area (Å²) in [6.07, 6.45) is 0. The van der Waals surface area contributed by atoms with Crippen LogP contribution in [0.2, 0.25) is 0 Å². The van der Waals surface area contributed by atoms with Crippen molar-refractivity contribution in [2.75, 3.05) is 39.4 Å². The molecule has 0 atom stereocenters. The Balaban J connectivity index is 1.26. The molecule has 3 aromatic rings. The van der Waals surface area contributed by atoms with Crippen LogP contribution in [0, 0.1) is 11.6 Å². The van der Waals surface area contributed by atoms with E-state index in [4.69, 9.17) is 9.47 Å². The smallest absolute Gasteiger partial charge is 0.243 e. The SMILES string of the molecule is O=S(=O)(c1ccc2c(c1)OCCO2)N1CCN(Cc2nnnn2-c2ccc(F)c(F)c2)CC1. The van der Waals surface area contributed by atoms with Crippen molar-refractivity contribution in [1.29, 1.82) is 0 Å². The van der Waals surface area contributed by atoms with Crippen molar-refractivity contribution in [3.05, 3.63) is 53.9 Å². The van der Waals surface area contributed by atoms with Gasteiger partial charge in [0, 0.05) is 38.3 Å². The molecule has 2 aliphatic rings. The molecule has 0 spiro atoms. The Hall–Kier alpha value is -3.16. The van der Waals surface area contributed by atoms with Crippen LogP contribution in [0.4, 0.5) is 8.78 Å². The van der Waals surface area contributed by atoms with Crippen molar-refractivity contribution in [2.24, 2.45) is 0 Å². The number of aromatic nitrogens is 4. The van der Waals surface area contributed by atoms with Gasteiger partial charge in [-0.1, -0.05) is 0 Å². The molecule has 0 aliphatic carbocycles. The van der Waals surface area contributed by atoms with Gasteiger partial charge in [-0.3, -0.25) is 4.90 Å². The quantitative estimate of drug-likeness (QED) is 0.540. The summed E-state index contributed by atoms with van der Waals surface area (Å²) < 4.78 is 66.8. The van der Waals surface area contributed by atoms with Gasteiger partial charge in [-0.25, -0.2) is 17.2 Å². The third-order valence-corrected chi connectivity index (χ3v) is 7.42. The van der Waals surface area contributed by atoms with E-state index in [1.54, 1.807) is 6.07 Å². The summed E-state index contributed by atoms with van der Waals surface area (Å²) in [4.78, 5) is 2.15. The number of rotatable bonds is 5. The highest BCUT2D eigenvalue weighted by Gasteiger charge is 2.30. The van der Waals surface area contributed by atoms with E-state index in [1.807, 2.05) is 4.90 Å². The number of hydrogen-bond acceptors (Lipinski definition) is 8. The number of tetrazole rings is 1. The van der Waals surface area contributed by atoms with Crippen molar-refractivity contribution < 1.29 is 26.7 Å². The Morgan fingerprint density at radius 1 is 0.909 bits per heavy atom. The molecule has 0 saturated carbocycles. The second-order valence-electron chi connectivity index (χ2n) is 7.59. The van der Waals surface area contributed by atoms with Crippen LogP contribution in [0.3, 0.4) is 0 Å². The second kappa shape index (κ2) is 8.65. The van der Waals surface area contributed by atoms with E-state index in [1.165, 1.54) is 27.2 Å². The number of nitrogens with zero attached hydrogens (tertiary/aromatic N) is 6. The van der Waals surface area contributed by atoms with Crippen LogP contribution in [-0.4, -0.2) is 77.2 Å². The lowest BCUT2D eigenvalue weighted by Gasteiger charge is -2.33. The minimum atomic E-state index is -3.69. The van der Waals surface area contributed by atoms with Crippen LogP contribution in [0.1, 0.15) is 5.82 Å². The van der Waals surface area contributed by atoms with Gasteiger partial charge in [0.15, 0.2) is 29.0 Å². The number of hydrogen-bond donors (Lipinski definition) is 0. The van der Waals surface area contributed by atoms with E-state index in [2.05, 4.69) is 15.5 Å². The molecule has 5 rings (SSSR count). The Kier molecular flexibility index (Phi) is 5.68. The standard InChI is InChI=1S/C20H20F2N6O4S/c21-16-3-1-14(11-17(16)22)28-20(23-24-25-28)13-26-5-7-27(8-6-26)33(29,30)15-2-4-18-19(12-15)32-10-9-31-18/h1-4,11-12H,5-10,13H2. The molecule has 2 aliphatic heterocycles. The van der Waals surface area contributed by atoms with Crippen LogP contribution in [0.5, 0.6) is 11.5 Å². The highest BCUT2D eigenvalue weighted by Crippen LogP contribution is 2.33. The lowest BCUT2D eigenvalue weighted by Crippen LogP contribution is -2.48. The van der Waals surface area contributed by atoms with Gasteiger partial charge in [0.1, 0.15) is 13.2 Å². The van der Waals surface area contributed by atoms with Gasteiger partial charge in [0.05, 0.1) is 17.1 Å². The monoisotopic (exact) mass is 478 g/mol. The van der Waals surface area contributed by atoms with E-state index in [0.29, 0.717) is 55.9 Å². The van der Waals surface area contributed by atoms with E-state index < -0.39 is 21.7 Å². The first-order valence-corrected chi connectivity index (χ1v) is 11.7. The predicted molar refractivity (Wildman–Crippen MR) is 111 cm³/mol. The third kappa shape index (κ3) is 4.26. The summed E-state index contributed by atoms with van der Waals surface area (Å²) in [6, 6.07) is 8.04. The Bertz CT molecular complexity index is 1280. The number of fused-ring (bicyclic) bond motifs is 1. The summed E-state index contributed by atoms with van der Waals surface area (Å²) in [5.41, 5.74) is 0.300. The Labute approximate surface area is 188 Å². The Morgan fingerprint density at radius 3 is 2.42 bits per heavy atom. The Morgan fingerprint density at radius 2 is 1.67 bits per heavy atom. The molecule has 0 bridgehead atoms. The maximum Gasteiger partial charge on any atom is 0.243 e. The molecular weight excluding hydrogens is 458 g/mol. The molecule has 174 valence electrons. The summed E-state index contributed by atoms with van der Waals surface area (Å²) in [5, 5.41) is 11.5. The first-order chi connectivity index (χ1) is 15.9. The zero-order valence-electron chi connectivity index (χ0n) is 17.4. The fourth-order valence-electron chi connectivity index (χ4n) is 3.78. The van der Waals surface area contributed by atoms with Gasteiger partial charge < -0.3 is 9.47 Å². The molecule has 3 heterocycles. The zero-order valence-corrected chi connectivity index (χ0v) is 18.2. The third-order valence-electron chi connectivity index (χ3n) is 5.53. The largest absolute Gasteiger partial charge is 0.486 e. The molecule has 33 heavy (non-hydrogen) atoms. The maximum atomic E-state index is 13.6. The minimum Gasteiger partial charge on any atom is -0.486 e. The van der Waals surface area contributed by atoms with Crippen molar-refractivity contribution in [2.45, 2.75) is 11.4 Å². The second-order valence-corrected chi connectivity index (χ2v) is 9.53. The zero-order chi connectivity index (χ0) is 23.0. The normalized spacial score (nSPS) is 17.3. The van der Waals surface area contributed by atoms with Crippen LogP contribution in [-0.2, 0) is 16.6 Å². The van der Waals surface area contributed by atoms with Gasteiger partial charge >= 0.3 is 0 Å². The lowest BCUT2D eigenvalue weighted by molar-refractivity contribution is 0.170. The molecular formula is C20H20F2N6O4S. The average molecular weight is 478 g/mol. The van der Waals surface area contributed by atoms with Gasteiger partial charge in [0.2, 0.25) is 10.0 Å². The summed E-state index contributed by atoms with van der Waals surface area (Å²) in [5.74, 6) is -0.561. The predicted octanol–water partition coefficient (Wildman–Crippen LogP) is 1.22. The molecule has 0 radical (unpaired) electrons. The summed E-state index contributed by atoms with van der Waals surface area (Å²) in [6.45, 7) is 2.60. The highest BCUT2D eigenvalue weighted by atomic mass is 32.2. The highest BCUT2D eigenvalue weighted by molar-refractivity contribution is 7.89. The van der Waals surface area contributed by atoms with E-state index in [-0.39, 0.29) is 18.0 Å². The van der Waals surface area contributed by atoms with Crippen molar-refractivity contribution in [3.63, 3.8) is 0 Å². The van der Waals surface area contributed by atoms with Crippen LogP contribution < -0.4 is 9.47 Å². The van der Waals surface area contributed by atoms with Crippen molar-refractivity contribution in [3.8, 4) is 17.2 Å². The van der Waals surface area contributed by atoms with Gasteiger partial charge in [-0.2, -0.15) is 8.99 Å². The number of ether oxygens (including phenoxy) is 2. The summed E-state index contributed by atoms with van der Waals surface area (Å²) >= 11 is 0. The number of halogens is 2. The van der Waals surface area contributed by atoms with Crippen LogP contribution >= 0.6 is 0 Å². The topological polar surface area (TPSA) is 103 Å². The van der Waals surface area contributed by atoms with E-state index in [9.17, 15) is 17.2 Å².